The van der Waals surface area contributed by atoms with E-state index < -0.39 is 0 Å². The van der Waals surface area contributed by atoms with E-state index in [0.717, 1.165) is 39.2 Å². The molecule has 0 aliphatic heterocycles. The lowest BCUT2D eigenvalue weighted by Crippen LogP contribution is -2.05. The lowest BCUT2D eigenvalue weighted by Gasteiger charge is -2.12. The molecule has 3 aromatic rings. The van der Waals surface area contributed by atoms with Crippen LogP contribution in [0.3, 0.4) is 0 Å². The van der Waals surface area contributed by atoms with Crippen LogP contribution < -0.4 is 10.5 Å². The maximum atomic E-state index is 6.03. The van der Waals surface area contributed by atoms with Gasteiger partial charge in [-0.3, -0.25) is 9.97 Å². The van der Waals surface area contributed by atoms with Gasteiger partial charge in [-0.05, 0) is 37.1 Å². The van der Waals surface area contributed by atoms with Gasteiger partial charge in [-0.2, -0.15) is 0 Å². The molecule has 0 fully saturated rings. The molecule has 106 valence electrons. The summed E-state index contributed by atoms with van der Waals surface area (Å²) in [4.78, 5) is 8.79. The summed E-state index contributed by atoms with van der Waals surface area (Å²) < 4.78 is 5.90. The number of aryl methyl sites for hydroxylation is 1. The Kier molecular flexibility index (Phi) is 3.44. The fourth-order valence-electron chi connectivity index (χ4n) is 2.28. The summed E-state index contributed by atoms with van der Waals surface area (Å²) in [7, 11) is 0. The summed E-state index contributed by atoms with van der Waals surface area (Å²) in [5, 5.41) is 1.06. The summed E-state index contributed by atoms with van der Waals surface area (Å²) in [6.07, 6.45) is 3.55. The molecule has 0 saturated heterocycles. The first-order valence-corrected chi connectivity index (χ1v) is 6.84. The Labute approximate surface area is 123 Å². The number of ether oxygens (including phenoxy) is 1. The Morgan fingerprint density at radius 3 is 2.76 bits per heavy atom. The third kappa shape index (κ3) is 2.52. The number of nitrogen functional groups attached to an aromatic ring is 1. The SMILES string of the molecule is Cc1cnc(COc2cccc3cccnc23)c(C)c1N. The van der Waals surface area contributed by atoms with Crippen molar-refractivity contribution in [2.24, 2.45) is 0 Å². The summed E-state index contributed by atoms with van der Waals surface area (Å²) in [5.41, 5.74) is 10.5. The minimum Gasteiger partial charge on any atom is -0.485 e. The van der Waals surface area contributed by atoms with Crippen molar-refractivity contribution in [3.63, 3.8) is 0 Å². The van der Waals surface area contributed by atoms with Crippen LogP contribution in [-0.2, 0) is 6.61 Å². The second kappa shape index (κ2) is 5.40. The van der Waals surface area contributed by atoms with Crippen molar-refractivity contribution in [3.05, 3.63) is 59.5 Å². The Bertz CT molecular complexity index is 794. The molecule has 0 spiro atoms. The smallest absolute Gasteiger partial charge is 0.146 e. The quantitative estimate of drug-likeness (QED) is 0.798. The third-order valence-electron chi connectivity index (χ3n) is 3.64. The molecule has 0 bridgehead atoms. The van der Waals surface area contributed by atoms with E-state index in [1.807, 2.05) is 44.2 Å². The lowest BCUT2D eigenvalue weighted by atomic mass is 10.1. The zero-order valence-electron chi connectivity index (χ0n) is 12.1. The van der Waals surface area contributed by atoms with Crippen LogP contribution in [0.5, 0.6) is 5.75 Å². The fourth-order valence-corrected chi connectivity index (χ4v) is 2.28. The van der Waals surface area contributed by atoms with E-state index in [0.29, 0.717) is 6.61 Å². The molecule has 0 atom stereocenters. The zero-order chi connectivity index (χ0) is 14.8. The third-order valence-corrected chi connectivity index (χ3v) is 3.64. The van der Waals surface area contributed by atoms with Gasteiger partial charge in [0.25, 0.3) is 0 Å². The Morgan fingerprint density at radius 1 is 1.10 bits per heavy atom. The molecule has 0 unspecified atom stereocenters. The molecular weight excluding hydrogens is 262 g/mol. The summed E-state index contributed by atoms with van der Waals surface area (Å²) >= 11 is 0. The van der Waals surface area contributed by atoms with E-state index in [2.05, 4.69) is 9.97 Å². The number of nitrogens with zero attached hydrogens (tertiary/aromatic N) is 2. The topological polar surface area (TPSA) is 61.0 Å². The minimum atomic E-state index is 0.381. The van der Waals surface area contributed by atoms with Gasteiger partial charge in [0.2, 0.25) is 0 Å². The van der Waals surface area contributed by atoms with Gasteiger partial charge >= 0.3 is 0 Å². The first-order chi connectivity index (χ1) is 10.2. The molecule has 0 amide bonds. The Morgan fingerprint density at radius 2 is 1.90 bits per heavy atom. The van der Waals surface area contributed by atoms with Crippen LogP contribution in [0.4, 0.5) is 5.69 Å². The molecule has 2 N–H and O–H groups in total. The van der Waals surface area contributed by atoms with Gasteiger partial charge in [-0.1, -0.05) is 18.2 Å². The summed E-state index contributed by atoms with van der Waals surface area (Å²) in [6.45, 7) is 4.30. The minimum absolute atomic E-state index is 0.381. The predicted octanol–water partition coefficient (Wildman–Crippen LogP) is 3.41. The molecule has 3 rings (SSSR count). The number of anilines is 1. The molecule has 0 aliphatic rings. The van der Waals surface area contributed by atoms with Crippen LogP contribution in [0.15, 0.2) is 42.7 Å². The highest BCUT2D eigenvalue weighted by molar-refractivity contribution is 5.84. The largest absolute Gasteiger partial charge is 0.485 e. The van der Waals surface area contributed by atoms with Crippen molar-refractivity contribution in [1.29, 1.82) is 0 Å². The molecule has 4 heteroatoms. The highest BCUT2D eigenvalue weighted by Crippen LogP contribution is 2.25. The number of nitrogens with two attached hydrogens (primary N) is 1. The van der Waals surface area contributed by atoms with Gasteiger partial charge < -0.3 is 10.5 Å². The molecule has 0 aliphatic carbocycles. The normalized spacial score (nSPS) is 10.8. The van der Waals surface area contributed by atoms with Crippen LogP contribution in [0.25, 0.3) is 10.9 Å². The van der Waals surface area contributed by atoms with Gasteiger partial charge in [-0.15, -0.1) is 0 Å². The van der Waals surface area contributed by atoms with Crippen molar-refractivity contribution < 1.29 is 4.74 Å². The molecule has 21 heavy (non-hydrogen) atoms. The van der Waals surface area contributed by atoms with Gasteiger partial charge in [-0.25, -0.2) is 0 Å². The van der Waals surface area contributed by atoms with Gasteiger partial charge in [0.1, 0.15) is 17.9 Å². The summed E-state index contributed by atoms with van der Waals surface area (Å²) in [5.74, 6) is 0.758. The molecule has 0 saturated carbocycles. The molecule has 2 heterocycles. The number of aromatic nitrogens is 2. The first kappa shape index (κ1) is 13.4. The van der Waals surface area contributed by atoms with Gasteiger partial charge in [0, 0.05) is 23.5 Å². The fraction of sp³-hybridized carbons (Fsp3) is 0.176. The van der Waals surface area contributed by atoms with Crippen LogP contribution >= 0.6 is 0 Å². The van der Waals surface area contributed by atoms with E-state index in [9.17, 15) is 0 Å². The van der Waals surface area contributed by atoms with E-state index >= 15 is 0 Å². The van der Waals surface area contributed by atoms with Crippen LogP contribution in [0, 0.1) is 13.8 Å². The van der Waals surface area contributed by atoms with E-state index in [1.165, 1.54) is 0 Å². The van der Waals surface area contributed by atoms with Crippen LogP contribution in [0.2, 0.25) is 0 Å². The highest BCUT2D eigenvalue weighted by Gasteiger charge is 2.08. The highest BCUT2D eigenvalue weighted by atomic mass is 16.5. The number of benzene rings is 1. The maximum Gasteiger partial charge on any atom is 0.146 e. The second-order valence-electron chi connectivity index (χ2n) is 5.05. The monoisotopic (exact) mass is 279 g/mol. The molecule has 2 aromatic heterocycles. The number of fused-ring (bicyclic) bond motifs is 1. The second-order valence-corrected chi connectivity index (χ2v) is 5.05. The van der Waals surface area contributed by atoms with Crippen LogP contribution in [-0.4, -0.2) is 9.97 Å². The number of hydrogen-bond acceptors (Lipinski definition) is 4. The zero-order valence-corrected chi connectivity index (χ0v) is 12.1. The average Bonchev–Trinajstić information content (AvgIpc) is 2.52. The first-order valence-electron chi connectivity index (χ1n) is 6.84. The molecular formula is C17H17N3O. The summed E-state index contributed by atoms with van der Waals surface area (Å²) in [6, 6.07) is 9.83. The van der Waals surface area contributed by atoms with Gasteiger partial charge in [0.15, 0.2) is 0 Å². The predicted molar refractivity (Wildman–Crippen MR) is 84.2 cm³/mol. The maximum absolute atomic E-state index is 6.03. The number of hydrogen-bond donors (Lipinski definition) is 1. The van der Waals surface area contributed by atoms with Gasteiger partial charge in [0.05, 0.1) is 5.69 Å². The van der Waals surface area contributed by atoms with E-state index in [-0.39, 0.29) is 0 Å². The molecule has 1 aromatic carbocycles. The molecule has 0 radical (unpaired) electrons. The van der Waals surface area contributed by atoms with Crippen molar-refractivity contribution >= 4 is 16.6 Å². The number of pyridine rings is 2. The van der Waals surface area contributed by atoms with Crippen molar-refractivity contribution in [2.75, 3.05) is 5.73 Å². The van der Waals surface area contributed by atoms with E-state index in [1.54, 1.807) is 12.4 Å². The lowest BCUT2D eigenvalue weighted by molar-refractivity contribution is 0.303. The Balaban J connectivity index is 1.89. The van der Waals surface area contributed by atoms with Crippen molar-refractivity contribution in [1.82, 2.24) is 9.97 Å². The van der Waals surface area contributed by atoms with Crippen molar-refractivity contribution in [3.8, 4) is 5.75 Å². The number of rotatable bonds is 3. The van der Waals surface area contributed by atoms with E-state index in [4.69, 9.17) is 10.5 Å². The number of para-hydroxylation sites is 1. The molecule has 4 nitrogen and oxygen atoms in total. The average molecular weight is 279 g/mol. The van der Waals surface area contributed by atoms with Crippen molar-refractivity contribution in [2.45, 2.75) is 20.5 Å². The Hall–Kier alpha value is -2.62. The standard InChI is InChI=1S/C17H17N3O/c1-11-9-20-14(12(2)16(11)18)10-21-15-7-3-5-13-6-4-8-19-17(13)15/h3-9H,10H2,1-2H3,(H2,18,20). The van der Waals surface area contributed by atoms with Crippen LogP contribution in [0.1, 0.15) is 16.8 Å².